The summed E-state index contributed by atoms with van der Waals surface area (Å²) in [6.07, 6.45) is 7.71. The lowest BCUT2D eigenvalue weighted by molar-refractivity contribution is 0.565. The molecule has 0 bridgehead atoms. The van der Waals surface area contributed by atoms with E-state index in [4.69, 9.17) is 0 Å². The first-order valence-corrected chi connectivity index (χ1v) is 6.45. The van der Waals surface area contributed by atoms with Gasteiger partial charge in [-0.2, -0.15) is 0 Å². The van der Waals surface area contributed by atoms with Crippen molar-refractivity contribution < 1.29 is 0 Å². The van der Waals surface area contributed by atoms with Crippen molar-refractivity contribution >= 4 is 11.3 Å². The molecule has 0 radical (unpaired) electrons. The molecular formula is C13H16N2S. The monoisotopic (exact) mass is 232 g/mol. The van der Waals surface area contributed by atoms with Gasteiger partial charge in [0.2, 0.25) is 0 Å². The van der Waals surface area contributed by atoms with Gasteiger partial charge in [-0.15, -0.1) is 11.3 Å². The molecule has 0 amide bonds. The van der Waals surface area contributed by atoms with Crippen molar-refractivity contribution in [3.63, 3.8) is 0 Å². The van der Waals surface area contributed by atoms with Gasteiger partial charge in [0, 0.05) is 27.7 Å². The fourth-order valence-corrected chi connectivity index (χ4v) is 2.70. The summed E-state index contributed by atoms with van der Waals surface area (Å²) in [4.78, 5) is 10.8. The molecule has 0 aliphatic carbocycles. The van der Waals surface area contributed by atoms with Crippen molar-refractivity contribution in [2.24, 2.45) is 5.92 Å². The van der Waals surface area contributed by atoms with Crippen LogP contribution >= 0.6 is 11.3 Å². The number of thiophene rings is 1. The van der Waals surface area contributed by atoms with E-state index in [9.17, 15) is 0 Å². The van der Waals surface area contributed by atoms with E-state index >= 15 is 0 Å². The van der Waals surface area contributed by atoms with Gasteiger partial charge in [0.25, 0.3) is 0 Å². The molecule has 1 unspecified atom stereocenters. The van der Waals surface area contributed by atoms with Crippen molar-refractivity contribution in [1.29, 1.82) is 0 Å². The molecule has 0 fully saturated rings. The van der Waals surface area contributed by atoms with E-state index in [-0.39, 0.29) is 0 Å². The molecule has 0 N–H and O–H groups in total. The Morgan fingerprint density at radius 3 is 2.69 bits per heavy atom. The van der Waals surface area contributed by atoms with E-state index in [0.717, 1.165) is 11.5 Å². The largest absolute Gasteiger partial charge is 0.244 e. The minimum atomic E-state index is 0.763. The highest BCUT2D eigenvalue weighted by Gasteiger charge is 2.06. The Bertz CT molecular complexity index is 436. The Balaban J connectivity index is 2.14. The highest BCUT2D eigenvalue weighted by Crippen LogP contribution is 2.28. The van der Waals surface area contributed by atoms with E-state index in [2.05, 4.69) is 35.9 Å². The lowest BCUT2D eigenvalue weighted by Crippen LogP contribution is -1.94. The second-order valence-electron chi connectivity index (χ2n) is 4.11. The molecule has 16 heavy (non-hydrogen) atoms. The van der Waals surface area contributed by atoms with Crippen molar-refractivity contribution in [3.05, 3.63) is 35.7 Å². The Labute approximate surface area is 100 Å². The smallest absolute Gasteiger partial charge is 0.115 e. The molecule has 0 saturated carbocycles. The van der Waals surface area contributed by atoms with E-state index in [1.165, 1.54) is 22.6 Å². The van der Waals surface area contributed by atoms with Crippen LogP contribution in [0.3, 0.4) is 0 Å². The van der Waals surface area contributed by atoms with Crippen LogP contribution in [0.15, 0.2) is 30.9 Å². The van der Waals surface area contributed by atoms with Crippen molar-refractivity contribution in [2.45, 2.75) is 26.7 Å². The molecule has 2 aromatic heterocycles. The van der Waals surface area contributed by atoms with Crippen LogP contribution in [0.4, 0.5) is 0 Å². The molecule has 0 aliphatic heterocycles. The first kappa shape index (κ1) is 11.3. The van der Waals surface area contributed by atoms with Crippen LogP contribution in [0.1, 0.15) is 25.1 Å². The third kappa shape index (κ3) is 2.67. The molecule has 84 valence electrons. The predicted octanol–water partition coefficient (Wildman–Crippen LogP) is 3.79. The average molecular weight is 232 g/mol. The summed E-state index contributed by atoms with van der Waals surface area (Å²) in [6.45, 7) is 4.54. The van der Waals surface area contributed by atoms with E-state index in [1.54, 1.807) is 6.33 Å². The highest BCUT2D eigenvalue weighted by atomic mass is 32.1. The lowest BCUT2D eigenvalue weighted by Gasteiger charge is -2.04. The van der Waals surface area contributed by atoms with Crippen LogP contribution < -0.4 is 0 Å². The van der Waals surface area contributed by atoms with Gasteiger partial charge < -0.3 is 0 Å². The van der Waals surface area contributed by atoms with Gasteiger partial charge in [0.15, 0.2) is 0 Å². The maximum Gasteiger partial charge on any atom is 0.115 e. The summed E-state index contributed by atoms with van der Waals surface area (Å²) >= 11 is 1.85. The number of aromatic nitrogens is 2. The molecule has 0 spiro atoms. The topological polar surface area (TPSA) is 25.8 Å². The zero-order chi connectivity index (χ0) is 11.4. The van der Waals surface area contributed by atoms with Crippen molar-refractivity contribution in [3.8, 4) is 10.4 Å². The van der Waals surface area contributed by atoms with Crippen molar-refractivity contribution in [2.75, 3.05) is 0 Å². The molecular weight excluding hydrogens is 216 g/mol. The average Bonchev–Trinajstić information content (AvgIpc) is 2.78. The maximum atomic E-state index is 4.04. The lowest BCUT2D eigenvalue weighted by atomic mass is 10.0. The molecule has 2 nitrogen and oxygen atoms in total. The fourth-order valence-electron chi connectivity index (χ4n) is 1.56. The summed E-state index contributed by atoms with van der Waals surface area (Å²) in [5.74, 6) is 0.763. The zero-order valence-corrected chi connectivity index (χ0v) is 10.5. The van der Waals surface area contributed by atoms with E-state index in [1.807, 2.05) is 23.7 Å². The van der Waals surface area contributed by atoms with E-state index < -0.39 is 0 Å². The Hall–Kier alpha value is -1.22. The van der Waals surface area contributed by atoms with Crippen LogP contribution in [0.2, 0.25) is 0 Å². The Morgan fingerprint density at radius 2 is 2.00 bits per heavy atom. The first-order valence-electron chi connectivity index (χ1n) is 5.63. The normalized spacial score (nSPS) is 12.6. The molecule has 0 aromatic carbocycles. The fraction of sp³-hybridized carbons (Fsp3) is 0.385. The SMILES string of the molecule is CCC(C)Cc1ccc(-c2cncnc2)s1. The highest BCUT2D eigenvalue weighted by molar-refractivity contribution is 7.15. The van der Waals surface area contributed by atoms with Gasteiger partial charge in [-0.25, -0.2) is 9.97 Å². The molecule has 1 atom stereocenters. The molecule has 2 heterocycles. The summed E-state index contributed by atoms with van der Waals surface area (Å²) in [5.41, 5.74) is 1.11. The second-order valence-corrected chi connectivity index (χ2v) is 5.28. The quantitative estimate of drug-likeness (QED) is 0.801. The Kier molecular flexibility index (Phi) is 3.67. The molecule has 2 aromatic rings. The molecule has 2 rings (SSSR count). The third-order valence-electron chi connectivity index (χ3n) is 2.75. The van der Waals surface area contributed by atoms with Crippen molar-refractivity contribution in [1.82, 2.24) is 9.97 Å². The molecule has 3 heteroatoms. The maximum absolute atomic E-state index is 4.04. The van der Waals surface area contributed by atoms with Crippen LogP contribution in [-0.4, -0.2) is 9.97 Å². The second kappa shape index (κ2) is 5.21. The van der Waals surface area contributed by atoms with Gasteiger partial charge in [-0.1, -0.05) is 20.3 Å². The summed E-state index contributed by atoms with van der Waals surface area (Å²) < 4.78 is 0. The molecule has 0 saturated heterocycles. The van der Waals surface area contributed by atoms with Gasteiger partial charge in [-0.3, -0.25) is 0 Å². The standard InChI is InChI=1S/C13H16N2S/c1-3-10(2)6-12-4-5-13(16-12)11-7-14-9-15-8-11/h4-5,7-10H,3,6H2,1-2H3. The van der Waals surface area contributed by atoms with Crippen LogP contribution in [0.25, 0.3) is 10.4 Å². The minimum absolute atomic E-state index is 0.763. The summed E-state index contributed by atoms with van der Waals surface area (Å²) in [5, 5.41) is 0. The number of hydrogen-bond donors (Lipinski definition) is 0. The number of rotatable bonds is 4. The zero-order valence-electron chi connectivity index (χ0n) is 9.68. The first-order chi connectivity index (χ1) is 7.79. The third-order valence-corrected chi connectivity index (χ3v) is 3.91. The van der Waals surface area contributed by atoms with Crippen LogP contribution in [0.5, 0.6) is 0 Å². The van der Waals surface area contributed by atoms with E-state index in [0.29, 0.717) is 0 Å². The van der Waals surface area contributed by atoms with Crippen LogP contribution in [-0.2, 0) is 6.42 Å². The van der Waals surface area contributed by atoms with Crippen LogP contribution in [0, 0.1) is 5.92 Å². The molecule has 0 aliphatic rings. The minimum Gasteiger partial charge on any atom is -0.244 e. The number of nitrogens with zero attached hydrogens (tertiary/aromatic N) is 2. The number of hydrogen-bond acceptors (Lipinski definition) is 3. The van der Waals surface area contributed by atoms with Gasteiger partial charge in [0.05, 0.1) is 0 Å². The Morgan fingerprint density at radius 1 is 1.25 bits per heavy atom. The van der Waals surface area contributed by atoms with Gasteiger partial charge >= 0.3 is 0 Å². The summed E-state index contributed by atoms with van der Waals surface area (Å²) in [7, 11) is 0. The summed E-state index contributed by atoms with van der Waals surface area (Å²) in [6, 6.07) is 4.39. The van der Waals surface area contributed by atoms with Gasteiger partial charge in [0.1, 0.15) is 6.33 Å². The predicted molar refractivity (Wildman–Crippen MR) is 68.5 cm³/mol. The van der Waals surface area contributed by atoms with Gasteiger partial charge in [-0.05, 0) is 24.5 Å².